The fourth-order valence-corrected chi connectivity index (χ4v) is 2.77. The summed E-state index contributed by atoms with van der Waals surface area (Å²) in [5, 5.41) is 14.6. The lowest BCUT2D eigenvalue weighted by Gasteiger charge is -2.15. The van der Waals surface area contributed by atoms with Crippen LogP contribution in [0, 0.1) is 6.92 Å². The van der Waals surface area contributed by atoms with Crippen LogP contribution in [0.4, 0.5) is 0 Å². The van der Waals surface area contributed by atoms with Gasteiger partial charge in [-0.2, -0.15) is 0 Å². The molecule has 0 aromatic heterocycles. The Kier molecular flexibility index (Phi) is 7.26. The molecule has 2 N–H and O–H groups in total. The summed E-state index contributed by atoms with van der Waals surface area (Å²) in [4.78, 5) is 0. The van der Waals surface area contributed by atoms with Crippen LogP contribution < -0.4 is 10.1 Å². The first-order valence-corrected chi connectivity index (χ1v) is 8.28. The Balaban J connectivity index is 0.00000225. The van der Waals surface area contributed by atoms with Gasteiger partial charge in [0.1, 0.15) is 12.4 Å². The zero-order valence-electron chi connectivity index (χ0n) is 14.4. The maximum atomic E-state index is 9.01. The number of benzene rings is 3. The van der Waals surface area contributed by atoms with E-state index in [1.807, 2.05) is 18.2 Å². The lowest BCUT2D eigenvalue weighted by molar-refractivity contribution is 0.288. The van der Waals surface area contributed by atoms with Crippen molar-refractivity contribution in [1.29, 1.82) is 0 Å². The van der Waals surface area contributed by atoms with E-state index in [2.05, 4.69) is 54.7 Å². The van der Waals surface area contributed by atoms with E-state index in [1.54, 1.807) is 0 Å². The molecule has 25 heavy (non-hydrogen) atoms. The minimum absolute atomic E-state index is 0. The number of fused-ring (bicyclic) bond motifs is 1. The van der Waals surface area contributed by atoms with E-state index in [0.717, 1.165) is 16.9 Å². The van der Waals surface area contributed by atoms with Crippen molar-refractivity contribution >= 4 is 23.2 Å². The summed E-state index contributed by atoms with van der Waals surface area (Å²) in [5.41, 5.74) is 3.54. The lowest BCUT2D eigenvalue weighted by atomic mass is 10.0. The van der Waals surface area contributed by atoms with Gasteiger partial charge in [0.15, 0.2) is 0 Å². The molecule has 0 amide bonds. The second-order valence-electron chi connectivity index (χ2n) is 5.94. The van der Waals surface area contributed by atoms with E-state index in [4.69, 9.17) is 9.84 Å². The van der Waals surface area contributed by atoms with Gasteiger partial charge in [0.25, 0.3) is 0 Å². The van der Waals surface area contributed by atoms with Gasteiger partial charge in [-0.15, -0.1) is 12.4 Å². The molecule has 0 fully saturated rings. The van der Waals surface area contributed by atoms with Gasteiger partial charge in [0, 0.05) is 18.7 Å². The van der Waals surface area contributed by atoms with Crippen LogP contribution in [0.25, 0.3) is 10.8 Å². The molecule has 0 saturated carbocycles. The van der Waals surface area contributed by atoms with Gasteiger partial charge in [0.2, 0.25) is 0 Å². The Bertz CT molecular complexity index is 803. The van der Waals surface area contributed by atoms with Crippen LogP contribution >= 0.6 is 12.4 Å². The minimum atomic E-state index is 0. The molecule has 0 aliphatic heterocycles. The van der Waals surface area contributed by atoms with E-state index >= 15 is 0 Å². The molecule has 3 nitrogen and oxygen atoms in total. The number of hydrogen-bond acceptors (Lipinski definition) is 3. The highest BCUT2D eigenvalue weighted by Crippen LogP contribution is 2.28. The summed E-state index contributed by atoms with van der Waals surface area (Å²) in [6.07, 6.45) is 0. The SMILES string of the molecule is Cc1ccc(COc2ccc3ccccc3c2CNCCO)cc1.Cl. The highest BCUT2D eigenvalue weighted by Gasteiger charge is 2.09. The molecule has 0 radical (unpaired) electrons. The van der Waals surface area contributed by atoms with Crippen molar-refractivity contribution in [2.75, 3.05) is 13.2 Å². The molecule has 0 aliphatic carbocycles. The molecule has 0 unspecified atom stereocenters. The molecule has 0 saturated heterocycles. The van der Waals surface area contributed by atoms with E-state index in [9.17, 15) is 0 Å². The Morgan fingerprint density at radius 2 is 1.72 bits per heavy atom. The molecule has 3 aromatic rings. The van der Waals surface area contributed by atoms with Crippen LogP contribution in [0.5, 0.6) is 5.75 Å². The van der Waals surface area contributed by atoms with Gasteiger partial charge < -0.3 is 15.2 Å². The van der Waals surface area contributed by atoms with Crippen LogP contribution in [-0.2, 0) is 13.2 Å². The number of halogens is 1. The fourth-order valence-electron chi connectivity index (χ4n) is 2.77. The monoisotopic (exact) mass is 357 g/mol. The van der Waals surface area contributed by atoms with Crippen LogP contribution in [0.1, 0.15) is 16.7 Å². The smallest absolute Gasteiger partial charge is 0.124 e. The van der Waals surface area contributed by atoms with E-state index in [0.29, 0.717) is 19.7 Å². The summed E-state index contributed by atoms with van der Waals surface area (Å²) in [6, 6.07) is 20.8. The molecule has 0 heterocycles. The number of aryl methyl sites for hydroxylation is 1. The Hall–Kier alpha value is -2.07. The molecule has 3 aromatic carbocycles. The number of aliphatic hydroxyl groups excluding tert-OH is 1. The van der Waals surface area contributed by atoms with Gasteiger partial charge in [0.05, 0.1) is 6.61 Å². The van der Waals surface area contributed by atoms with Gasteiger partial charge in [-0.3, -0.25) is 0 Å². The maximum absolute atomic E-state index is 9.01. The van der Waals surface area contributed by atoms with E-state index in [-0.39, 0.29) is 19.0 Å². The zero-order valence-corrected chi connectivity index (χ0v) is 15.2. The Morgan fingerprint density at radius 3 is 2.48 bits per heavy atom. The molecular formula is C21H24ClNO2. The van der Waals surface area contributed by atoms with Gasteiger partial charge in [-0.25, -0.2) is 0 Å². The van der Waals surface area contributed by atoms with Crippen molar-refractivity contribution in [1.82, 2.24) is 5.32 Å². The van der Waals surface area contributed by atoms with Crippen molar-refractivity contribution < 1.29 is 9.84 Å². The average Bonchev–Trinajstić information content (AvgIpc) is 2.62. The Labute approximate surface area is 155 Å². The van der Waals surface area contributed by atoms with Gasteiger partial charge in [-0.1, -0.05) is 60.2 Å². The van der Waals surface area contributed by atoms with Crippen LogP contribution in [0.2, 0.25) is 0 Å². The summed E-state index contributed by atoms with van der Waals surface area (Å²) in [5.74, 6) is 0.889. The van der Waals surface area contributed by atoms with Crippen molar-refractivity contribution in [3.8, 4) is 5.75 Å². The summed E-state index contributed by atoms with van der Waals surface area (Å²) >= 11 is 0. The summed E-state index contributed by atoms with van der Waals surface area (Å²) in [6.45, 7) is 4.00. The second-order valence-corrected chi connectivity index (χ2v) is 5.94. The highest BCUT2D eigenvalue weighted by molar-refractivity contribution is 5.87. The third-order valence-electron chi connectivity index (χ3n) is 4.10. The first-order valence-electron chi connectivity index (χ1n) is 8.28. The van der Waals surface area contributed by atoms with Crippen LogP contribution in [0.3, 0.4) is 0 Å². The van der Waals surface area contributed by atoms with Crippen LogP contribution in [0.15, 0.2) is 60.7 Å². The Morgan fingerprint density at radius 1 is 0.960 bits per heavy atom. The normalized spacial score (nSPS) is 10.5. The van der Waals surface area contributed by atoms with Gasteiger partial charge >= 0.3 is 0 Å². The van der Waals surface area contributed by atoms with Crippen molar-refractivity contribution in [3.63, 3.8) is 0 Å². The first-order chi connectivity index (χ1) is 11.8. The molecular weight excluding hydrogens is 334 g/mol. The molecule has 132 valence electrons. The van der Waals surface area contributed by atoms with Crippen molar-refractivity contribution in [2.24, 2.45) is 0 Å². The summed E-state index contributed by atoms with van der Waals surface area (Å²) in [7, 11) is 0. The zero-order chi connectivity index (χ0) is 16.8. The van der Waals surface area contributed by atoms with Crippen molar-refractivity contribution in [2.45, 2.75) is 20.1 Å². The number of ether oxygens (including phenoxy) is 1. The molecule has 0 bridgehead atoms. The maximum Gasteiger partial charge on any atom is 0.124 e. The predicted molar refractivity (Wildman–Crippen MR) is 105 cm³/mol. The fraction of sp³-hybridized carbons (Fsp3) is 0.238. The number of hydrogen-bond donors (Lipinski definition) is 2. The molecule has 0 spiro atoms. The molecule has 0 aliphatic rings. The average molecular weight is 358 g/mol. The van der Waals surface area contributed by atoms with Gasteiger partial charge in [-0.05, 0) is 29.3 Å². The van der Waals surface area contributed by atoms with Crippen molar-refractivity contribution in [3.05, 3.63) is 77.4 Å². The van der Waals surface area contributed by atoms with E-state index < -0.39 is 0 Å². The lowest BCUT2D eigenvalue weighted by Crippen LogP contribution is -2.18. The second kappa shape index (κ2) is 9.42. The standard InChI is InChI=1S/C21H23NO2.ClH/c1-16-6-8-17(9-7-16)15-24-21-11-10-18-4-2-3-5-19(18)20(21)14-22-12-13-23;/h2-11,22-23H,12-15H2,1H3;1H. The quantitative estimate of drug-likeness (QED) is 0.622. The minimum Gasteiger partial charge on any atom is -0.489 e. The van der Waals surface area contributed by atoms with E-state index in [1.165, 1.54) is 16.3 Å². The molecule has 3 rings (SSSR count). The number of aliphatic hydroxyl groups is 1. The first kappa shape index (κ1) is 19.3. The predicted octanol–water partition coefficient (Wildman–Crippen LogP) is 4.23. The molecule has 0 atom stereocenters. The topological polar surface area (TPSA) is 41.5 Å². The number of nitrogens with one attached hydrogen (secondary N) is 1. The number of rotatable bonds is 7. The summed E-state index contributed by atoms with van der Waals surface area (Å²) < 4.78 is 6.10. The third kappa shape index (κ3) is 4.95. The highest BCUT2D eigenvalue weighted by atomic mass is 35.5. The van der Waals surface area contributed by atoms with Crippen LogP contribution in [-0.4, -0.2) is 18.3 Å². The third-order valence-corrected chi connectivity index (χ3v) is 4.10. The largest absolute Gasteiger partial charge is 0.489 e. The molecule has 4 heteroatoms.